The number of carbonyl (C=O) groups is 1. The van der Waals surface area contributed by atoms with Gasteiger partial charge in [0.1, 0.15) is 5.75 Å². The second kappa shape index (κ2) is 7.01. The number of carbonyl (C=O) groups excluding carboxylic acids is 1. The average molecular weight is 251 g/mol. The minimum atomic E-state index is -0.329. The quantitative estimate of drug-likeness (QED) is 0.787. The fourth-order valence-corrected chi connectivity index (χ4v) is 1.89. The van der Waals surface area contributed by atoms with Gasteiger partial charge in [0.05, 0.1) is 20.1 Å². The molecule has 1 aromatic rings. The molecule has 0 fully saturated rings. The molecule has 2 N–H and O–H groups in total. The lowest BCUT2D eigenvalue weighted by Crippen LogP contribution is -2.18. The smallest absolute Gasteiger partial charge is 0.307 e. The van der Waals surface area contributed by atoms with E-state index in [4.69, 9.17) is 15.2 Å². The van der Waals surface area contributed by atoms with E-state index in [0.29, 0.717) is 6.61 Å². The fourth-order valence-electron chi connectivity index (χ4n) is 1.89. The van der Waals surface area contributed by atoms with Crippen LogP contribution < -0.4 is 10.5 Å². The summed E-state index contributed by atoms with van der Waals surface area (Å²) in [5.41, 5.74) is 8.13. The molecule has 0 heterocycles. The topological polar surface area (TPSA) is 61.5 Å². The lowest BCUT2D eigenvalue weighted by atomic mass is 9.97. The molecule has 0 radical (unpaired) electrons. The highest BCUT2D eigenvalue weighted by molar-refractivity contribution is 5.70. The number of benzene rings is 1. The van der Waals surface area contributed by atoms with Gasteiger partial charge >= 0.3 is 5.97 Å². The number of ether oxygens (including phenoxy) is 2. The molecule has 4 nitrogen and oxygen atoms in total. The minimum absolute atomic E-state index is 0.202. The van der Waals surface area contributed by atoms with E-state index in [2.05, 4.69) is 6.92 Å². The SMILES string of the molecule is CCOC(=O)CC(N)c1ccc(OC)cc1CC. The van der Waals surface area contributed by atoms with Crippen molar-refractivity contribution in [2.45, 2.75) is 32.7 Å². The van der Waals surface area contributed by atoms with Gasteiger partial charge in [-0.15, -0.1) is 0 Å². The van der Waals surface area contributed by atoms with Crippen LogP contribution >= 0.6 is 0 Å². The Hall–Kier alpha value is -1.55. The number of methoxy groups -OCH3 is 1. The summed E-state index contributed by atoms with van der Waals surface area (Å²) in [5, 5.41) is 0. The van der Waals surface area contributed by atoms with Crippen LogP contribution in [0.25, 0.3) is 0 Å². The molecule has 0 aromatic heterocycles. The zero-order valence-corrected chi connectivity index (χ0v) is 11.2. The van der Waals surface area contributed by atoms with Crippen LogP contribution in [0.4, 0.5) is 0 Å². The highest BCUT2D eigenvalue weighted by Gasteiger charge is 2.15. The van der Waals surface area contributed by atoms with Gasteiger partial charge in [-0.3, -0.25) is 4.79 Å². The first kappa shape index (κ1) is 14.5. The normalized spacial score (nSPS) is 12.0. The molecule has 0 saturated carbocycles. The standard InChI is InChI=1S/C14H21NO3/c1-4-10-8-11(17-3)6-7-12(10)13(15)9-14(16)18-5-2/h6-8,13H,4-5,9,15H2,1-3H3. The Kier molecular flexibility index (Phi) is 5.65. The van der Waals surface area contributed by atoms with Gasteiger partial charge in [-0.05, 0) is 36.6 Å². The van der Waals surface area contributed by atoms with Crippen LogP contribution in [0.15, 0.2) is 18.2 Å². The third kappa shape index (κ3) is 3.74. The summed E-state index contributed by atoms with van der Waals surface area (Å²) >= 11 is 0. The number of nitrogens with two attached hydrogens (primary N) is 1. The Morgan fingerprint density at radius 1 is 1.39 bits per heavy atom. The van der Waals surface area contributed by atoms with E-state index < -0.39 is 0 Å². The van der Waals surface area contributed by atoms with Gasteiger partial charge in [-0.2, -0.15) is 0 Å². The summed E-state index contributed by atoms with van der Waals surface area (Å²) in [6, 6.07) is 5.41. The Labute approximate surface area is 108 Å². The van der Waals surface area contributed by atoms with E-state index >= 15 is 0 Å². The van der Waals surface area contributed by atoms with Gasteiger partial charge in [0.2, 0.25) is 0 Å². The number of rotatable bonds is 6. The molecule has 1 unspecified atom stereocenters. The van der Waals surface area contributed by atoms with Crippen LogP contribution in [-0.4, -0.2) is 19.7 Å². The maximum Gasteiger partial charge on any atom is 0.307 e. The van der Waals surface area contributed by atoms with Gasteiger partial charge in [-0.25, -0.2) is 0 Å². The first-order valence-corrected chi connectivity index (χ1v) is 6.20. The predicted octanol–water partition coefficient (Wildman–Crippen LogP) is 2.21. The summed E-state index contributed by atoms with van der Waals surface area (Å²) in [7, 11) is 1.63. The summed E-state index contributed by atoms with van der Waals surface area (Å²) in [4.78, 5) is 11.4. The van der Waals surface area contributed by atoms with Crippen LogP contribution in [0.2, 0.25) is 0 Å². The number of hydrogen-bond acceptors (Lipinski definition) is 4. The lowest BCUT2D eigenvalue weighted by molar-refractivity contribution is -0.143. The van der Waals surface area contributed by atoms with Gasteiger partial charge in [0.15, 0.2) is 0 Å². The van der Waals surface area contributed by atoms with Crippen molar-refractivity contribution in [1.82, 2.24) is 0 Å². The second-order valence-electron chi connectivity index (χ2n) is 4.03. The Morgan fingerprint density at radius 3 is 2.67 bits per heavy atom. The van der Waals surface area contributed by atoms with Crippen LogP contribution in [0.1, 0.15) is 37.4 Å². The highest BCUT2D eigenvalue weighted by atomic mass is 16.5. The molecule has 0 spiro atoms. The third-order valence-corrected chi connectivity index (χ3v) is 2.82. The molecule has 0 amide bonds. The molecule has 0 aliphatic carbocycles. The maximum atomic E-state index is 11.4. The molecule has 1 atom stereocenters. The van der Waals surface area contributed by atoms with Crippen LogP contribution in [0.3, 0.4) is 0 Å². The summed E-state index contributed by atoms with van der Waals surface area (Å²) in [5.74, 6) is 0.543. The molecule has 0 aliphatic heterocycles. The van der Waals surface area contributed by atoms with Gasteiger partial charge in [0.25, 0.3) is 0 Å². The first-order chi connectivity index (χ1) is 8.62. The van der Waals surface area contributed by atoms with E-state index in [1.807, 2.05) is 18.2 Å². The molecule has 4 heteroatoms. The third-order valence-electron chi connectivity index (χ3n) is 2.82. The molecule has 1 rings (SSSR count). The first-order valence-electron chi connectivity index (χ1n) is 6.20. The molecule has 0 bridgehead atoms. The molecular weight excluding hydrogens is 230 g/mol. The highest BCUT2D eigenvalue weighted by Crippen LogP contribution is 2.24. The molecule has 18 heavy (non-hydrogen) atoms. The monoisotopic (exact) mass is 251 g/mol. The lowest BCUT2D eigenvalue weighted by Gasteiger charge is -2.16. The van der Waals surface area contributed by atoms with E-state index in [0.717, 1.165) is 23.3 Å². The molecule has 0 aliphatic rings. The van der Waals surface area contributed by atoms with E-state index in [1.54, 1.807) is 14.0 Å². The van der Waals surface area contributed by atoms with Gasteiger partial charge in [0, 0.05) is 6.04 Å². The average Bonchev–Trinajstić information content (AvgIpc) is 2.38. The van der Waals surface area contributed by atoms with Gasteiger partial charge < -0.3 is 15.2 Å². The van der Waals surface area contributed by atoms with Gasteiger partial charge in [-0.1, -0.05) is 13.0 Å². The van der Waals surface area contributed by atoms with Crippen LogP contribution in [0.5, 0.6) is 5.75 Å². The van der Waals surface area contributed by atoms with Crippen molar-refractivity contribution >= 4 is 5.97 Å². The number of esters is 1. The van der Waals surface area contributed by atoms with Crippen molar-refractivity contribution in [1.29, 1.82) is 0 Å². The van der Waals surface area contributed by atoms with Crippen molar-refractivity contribution in [2.75, 3.05) is 13.7 Å². The van der Waals surface area contributed by atoms with Crippen molar-refractivity contribution < 1.29 is 14.3 Å². The molecule has 1 aromatic carbocycles. The minimum Gasteiger partial charge on any atom is -0.497 e. The summed E-state index contributed by atoms with van der Waals surface area (Å²) in [6.45, 7) is 4.22. The Balaban J connectivity index is 2.84. The van der Waals surface area contributed by atoms with Crippen LogP contribution in [0, 0.1) is 0 Å². The molecule has 100 valence electrons. The molecular formula is C14H21NO3. The summed E-state index contributed by atoms with van der Waals surface area (Å²) in [6.07, 6.45) is 1.05. The largest absolute Gasteiger partial charge is 0.497 e. The fraction of sp³-hybridized carbons (Fsp3) is 0.500. The maximum absolute atomic E-state index is 11.4. The Bertz CT molecular complexity index is 404. The van der Waals surface area contributed by atoms with Crippen LogP contribution in [-0.2, 0) is 16.0 Å². The van der Waals surface area contributed by atoms with Crippen molar-refractivity contribution in [3.05, 3.63) is 29.3 Å². The Morgan fingerprint density at radius 2 is 2.11 bits per heavy atom. The predicted molar refractivity (Wildman–Crippen MR) is 70.6 cm³/mol. The van der Waals surface area contributed by atoms with E-state index in [1.165, 1.54) is 0 Å². The zero-order chi connectivity index (χ0) is 13.5. The number of hydrogen-bond donors (Lipinski definition) is 1. The number of aryl methyl sites for hydroxylation is 1. The second-order valence-corrected chi connectivity index (χ2v) is 4.03. The van der Waals surface area contributed by atoms with E-state index in [-0.39, 0.29) is 18.4 Å². The molecule has 0 saturated heterocycles. The zero-order valence-electron chi connectivity index (χ0n) is 11.2. The summed E-state index contributed by atoms with van der Waals surface area (Å²) < 4.78 is 10.1. The van der Waals surface area contributed by atoms with E-state index in [9.17, 15) is 4.79 Å². The van der Waals surface area contributed by atoms with Crippen molar-refractivity contribution in [2.24, 2.45) is 5.73 Å². The van der Waals surface area contributed by atoms with Crippen molar-refractivity contribution in [3.8, 4) is 5.75 Å². The van der Waals surface area contributed by atoms with Crippen molar-refractivity contribution in [3.63, 3.8) is 0 Å².